The molecule has 0 fully saturated rings. The highest BCUT2D eigenvalue weighted by molar-refractivity contribution is 6.20. The van der Waals surface area contributed by atoms with Gasteiger partial charge in [0.15, 0.2) is 0 Å². The maximum atomic E-state index is 6.79. The highest BCUT2D eigenvalue weighted by Gasteiger charge is 2.54. The van der Waals surface area contributed by atoms with E-state index in [2.05, 4.69) is 510 Å². The minimum Gasteiger partial charge on any atom is -0.456 e. The Morgan fingerprint density at radius 1 is 0.171 bits per heavy atom. The number of furan rings is 2. The summed E-state index contributed by atoms with van der Waals surface area (Å²) in [7, 11) is 0. The van der Waals surface area contributed by atoms with Crippen LogP contribution >= 0.6 is 0 Å². The molecule has 650 valence electrons. The van der Waals surface area contributed by atoms with E-state index in [1.165, 1.54) is 116 Å². The van der Waals surface area contributed by atoms with E-state index >= 15 is 0 Å². The van der Waals surface area contributed by atoms with Crippen LogP contribution in [0.5, 0.6) is 0 Å². The number of benzene rings is 22. The highest BCUT2D eigenvalue weighted by Crippen LogP contribution is 2.66. The maximum absolute atomic E-state index is 6.79. The van der Waals surface area contributed by atoms with Gasteiger partial charge in [-0.05, 0) is 261 Å². The average Bonchev–Trinajstić information content (AvgIpc) is 1.50. The van der Waals surface area contributed by atoms with Crippen molar-refractivity contribution < 1.29 is 8.83 Å². The smallest absolute Gasteiger partial charge is 0.135 e. The molecule has 2 atom stereocenters. The second-order valence-electron chi connectivity index (χ2n) is 37.9. The molecule has 0 bridgehead atoms. The lowest BCUT2D eigenvalue weighted by molar-refractivity contribution is 0.668. The van der Waals surface area contributed by atoms with Crippen molar-refractivity contribution in [2.75, 3.05) is 9.80 Å². The zero-order chi connectivity index (χ0) is 91.6. The van der Waals surface area contributed by atoms with Crippen LogP contribution in [0, 0.1) is 0 Å². The van der Waals surface area contributed by atoms with Crippen LogP contribution in [0.4, 0.5) is 34.1 Å². The molecule has 2 unspecified atom stereocenters. The molecule has 6 nitrogen and oxygen atoms in total. The maximum Gasteiger partial charge on any atom is 0.135 e. The topological polar surface area (TPSA) is 42.6 Å². The predicted octanol–water partition coefficient (Wildman–Crippen LogP) is 35.6. The van der Waals surface area contributed by atoms with E-state index in [-0.39, 0.29) is 0 Å². The molecule has 30 rings (SSSR count). The fourth-order valence-electron chi connectivity index (χ4n) is 25.1. The number of aromatic nitrogens is 2. The molecular formula is C134H82N4O2. The fraction of sp³-hybridized carbons (Fsp3) is 0.0149. The van der Waals surface area contributed by atoms with Gasteiger partial charge in [0, 0.05) is 76.8 Å². The minimum absolute atomic E-state index is 0.737. The van der Waals surface area contributed by atoms with Gasteiger partial charge >= 0.3 is 0 Å². The van der Waals surface area contributed by atoms with Crippen LogP contribution in [-0.4, -0.2) is 9.13 Å². The summed E-state index contributed by atoms with van der Waals surface area (Å²) < 4.78 is 18.4. The van der Waals surface area contributed by atoms with Gasteiger partial charge in [0.1, 0.15) is 22.3 Å². The SMILES string of the molecule is c1ccc(-c2cccc(-c3ccccc3N(c3cccc(-c4ccc5oc6ccccc6c5c4)c3)c3ccc4c(c3)C3(c5ccccc5-4)c4ccccc4-n4c5cccc(-c6ccc(N(c7ccc8c(c7)C7(c9ccccc9-8)c8ccccc8-n8c9ccccc9c9cccc7c98)c7ccccc7-c7cccc(-c8ccccc8)c7)c(-c7ccc8oc9ccccc9c8c7)c6)c5c5cccc3c54)c2)cc1. The number of para-hydroxylation sites is 9. The Balaban J connectivity index is 0.642. The molecule has 0 amide bonds. The van der Waals surface area contributed by atoms with Crippen molar-refractivity contribution in [3.05, 3.63) is 542 Å². The van der Waals surface area contributed by atoms with Crippen molar-refractivity contribution in [1.82, 2.24) is 9.13 Å². The Labute approximate surface area is 808 Å². The van der Waals surface area contributed by atoms with Crippen LogP contribution in [0.25, 0.3) is 199 Å². The second-order valence-corrected chi connectivity index (χ2v) is 37.9. The largest absolute Gasteiger partial charge is 0.456 e. The van der Waals surface area contributed by atoms with Gasteiger partial charge in [-0.2, -0.15) is 0 Å². The molecule has 2 aliphatic carbocycles. The minimum atomic E-state index is -0.816. The molecule has 0 radical (unpaired) electrons. The van der Waals surface area contributed by atoms with Gasteiger partial charge < -0.3 is 27.8 Å². The summed E-state index contributed by atoms with van der Waals surface area (Å²) in [5.74, 6) is 0. The zero-order valence-corrected chi connectivity index (χ0v) is 75.9. The van der Waals surface area contributed by atoms with Crippen molar-refractivity contribution >= 4 is 122 Å². The fourth-order valence-corrected chi connectivity index (χ4v) is 25.1. The predicted molar refractivity (Wildman–Crippen MR) is 579 cm³/mol. The lowest BCUT2D eigenvalue weighted by atomic mass is 9.65. The van der Waals surface area contributed by atoms with Gasteiger partial charge in [-0.25, -0.2) is 0 Å². The van der Waals surface area contributed by atoms with E-state index in [4.69, 9.17) is 8.83 Å². The van der Waals surface area contributed by atoms with Crippen LogP contribution in [0.15, 0.2) is 506 Å². The van der Waals surface area contributed by atoms with Crippen molar-refractivity contribution in [2.45, 2.75) is 10.8 Å². The molecule has 0 N–H and O–H groups in total. The van der Waals surface area contributed by atoms with Crippen molar-refractivity contribution in [3.8, 4) is 112 Å². The standard InChI is InChI=1S/C134H82N4O2/c1-3-31-83(32-4-1)85-35-25-38-89(75-85)96-41-9-18-57-119(96)135(93-40-27-37-87(77-93)88-66-73-128-109(78-88)104-46-12-23-63-126(104)139-128)94-68-70-101-99-43-8-15-52-112(99)134(117(101)81-94)114-54-17-22-61-124(114)138-125-62-30-48-98(130(125)107-50-29-56-116(134)132(107)138)91-65-72-122(108(79-91)92-67-74-129-110(80-92)105-47-13-24-64-127(105)140-129)136(120-58-19-10-42-97(120)90-39-26-36-86(76-90)84-33-5-2-6-34-84)95-69-71-102-100-44-7-14-51-111(100)133(118(102)82-95)113-53-16-21-60-123(113)137-121-59-20-11-45-103(121)106-49-28-55-115(133)131(106)137/h1-82H. The Morgan fingerprint density at radius 2 is 0.536 bits per heavy atom. The summed E-state index contributed by atoms with van der Waals surface area (Å²) in [6.07, 6.45) is 0. The monoisotopic (exact) mass is 1780 g/mol. The molecule has 2 aliphatic heterocycles. The van der Waals surface area contributed by atoms with Gasteiger partial charge in [0.25, 0.3) is 0 Å². The number of hydrogen-bond acceptors (Lipinski definition) is 4. The Kier molecular flexibility index (Phi) is 16.8. The van der Waals surface area contributed by atoms with Crippen LogP contribution in [0.3, 0.4) is 0 Å². The quantitative estimate of drug-likeness (QED) is 0.115. The lowest BCUT2D eigenvalue weighted by Crippen LogP contribution is -2.33. The molecule has 22 aromatic carbocycles. The van der Waals surface area contributed by atoms with Gasteiger partial charge in [0.2, 0.25) is 0 Å². The van der Waals surface area contributed by atoms with Gasteiger partial charge in [-0.1, -0.05) is 364 Å². The molecule has 4 aliphatic rings. The Morgan fingerprint density at radius 3 is 1.15 bits per heavy atom. The summed E-state index contributed by atoms with van der Waals surface area (Å²) in [5, 5.41) is 9.15. The molecule has 4 aromatic heterocycles. The summed E-state index contributed by atoms with van der Waals surface area (Å²) in [6, 6.07) is 187. The van der Waals surface area contributed by atoms with Gasteiger partial charge in [-0.15, -0.1) is 0 Å². The third kappa shape index (κ3) is 11.1. The van der Waals surface area contributed by atoms with E-state index in [0.29, 0.717) is 0 Å². The summed E-state index contributed by atoms with van der Waals surface area (Å²) in [6.45, 7) is 0. The second kappa shape index (κ2) is 30.1. The summed E-state index contributed by atoms with van der Waals surface area (Å²) in [4.78, 5) is 5.11. The third-order valence-corrected chi connectivity index (χ3v) is 30.9. The molecule has 26 aromatic rings. The first-order chi connectivity index (χ1) is 69.4. The third-order valence-electron chi connectivity index (χ3n) is 30.9. The normalized spacial score (nSPS) is 14.5. The number of nitrogens with zero attached hydrogens (tertiary/aromatic N) is 4. The van der Waals surface area contributed by atoms with Crippen LogP contribution < -0.4 is 9.80 Å². The number of fused-ring (bicyclic) bond motifs is 30. The molecule has 0 saturated heterocycles. The Hall–Kier alpha value is -18.4. The van der Waals surface area contributed by atoms with Gasteiger partial charge in [-0.3, -0.25) is 0 Å². The number of rotatable bonds is 13. The van der Waals surface area contributed by atoms with E-state index < -0.39 is 10.8 Å². The molecular weight excluding hydrogens is 1700 g/mol. The average molecular weight is 1780 g/mol. The Bertz CT molecular complexity index is 9770. The number of anilines is 6. The van der Waals surface area contributed by atoms with Gasteiger partial charge in [0.05, 0.1) is 61.3 Å². The summed E-state index contributed by atoms with van der Waals surface area (Å²) in [5.41, 5.74) is 45.6. The highest BCUT2D eigenvalue weighted by atomic mass is 16.3. The van der Waals surface area contributed by atoms with E-state index in [9.17, 15) is 0 Å². The first kappa shape index (κ1) is 78.0. The zero-order valence-electron chi connectivity index (χ0n) is 75.9. The van der Waals surface area contributed by atoms with E-state index in [1.807, 2.05) is 6.07 Å². The molecule has 140 heavy (non-hydrogen) atoms. The summed E-state index contributed by atoms with van der Waals surface area (Å²) >= 11 is 0. The molecule has 0 saturated carbocycles. The van der Waals surface area contributed by atoms with Crippen LogP contribution in [0.2, 0.25) is 0 Å². The molecule has 6 heterocycles. The molecule has 6 heteroatoms. The lowest BCUT2D eigenvalue weighted by Gasteiger charge is -2.40. The number of hydrogen-bond donors (Lipinski definition) is 0. The van der Waals surface area contributed by atoms with Crippen molar-refractivity contribution in [3.63, 3.8) is 0 Å². The first-order valence-corrected chi connectivity index (χ1v) is 48.4. The van der Waals surface area contributed by atoms with Crippen LogP contribution in [0.1, 0.15) is 44.5 Å². The van der Waals surface area contributed by atoms with E-state index in [0.717, 1.165) is 162 Å². The van der Waals surface area contributed by atoms with Crippen molar-refractivity contribution in [1.29, 1.82) is 0 Å². The van der Waals surface area contributed by atoms with E-state index in [1.54, 1.807) is 0 Å². The van der Waals surface area contributed by atoms with Crippen LogP contribution in [-0.2, 0) is 10.8 Å². The molecule has 2 spiro atoms. The first-order valence-electron chi connectivity index (χ1n) is 48.4. The van der Waals surface area contributed by atoms with Crippen molar-refractivity contribution in [2.24, 2.45) is 0 Å².